The third kappa shape index (κ3) is 3.68. The number of benzene rings is 2. The number of Topliss-reactive ketones (excluding diaryl/α,β-unsaturated/α-hetero) is 1. The van der Waals surface area contributed by atoms with Gasteiger partial charge >= 0.3 is 0 Å². The molecular weight excluding hydrogens is 452 g/mol. The van der Waals surface area contributed by atoms with E-state index in [4.69, 9.17) is 0 Å². The fourth-order valence-electron chi connectivity index (χ4n) is 4.79. The van der Waals surface area contributed by atoms with Gasteiger partial charge in [0.1, 0.15) is 22.3 Å². The van der Waals surface area contributed by atoms with Gasteiger partial charge in [0.05, 0.1) is 11.1 Å². The number of anilines is 2. The van der Waals surface area contributed by atoms with Crippen LogP contribution in [0.2, 0.25) is 0 Å². The van der Waals surface area contributed by atoms with Crippen LogP contribution in [0.25, 0.3) is 0 Å². The Bertz CT molecular complexity index is 1330. The van der Waals surface area contributed by atoms with Gasteiger partial charge < -0.3 is 10.6 Å². The lowest BCUT2D eigenvalue weighted by Gasteiger charge is -2.38. The average Bonchev–Trinajstić information content (AvgIpc) is 2.99. The standard InChI is InChI=1S/C23H21F2N3O4S/c24-13-2-3-20(18(25)8-13)33(31,32)28-15-9-17-16(12-21(29)23(17)5-1-6-23)19(10-15)27-14-4-7-26-22(30)11-14/h2-3,8-11,27-28H,1,4-7,12H2,(H,26,30). The Balaban J connectivity index is 1.57. The van der Waals surface area contributed by atoms with Gasteiger partial charge in [0.25, 0.3) is 10.0 Å². The molecule has 7 nitrogen and oxygen atoms in total. The van der Waals surface area contributed by atoms with Crippen LogP contribution in [-0.4, -0.2) is 26.7 Å². The van der Waals surface area contributed by atoms with Crippen molar-refractivity contribution in [1.82, 2.24) is 5.32 Å². The number of rotatable bonds is 5. The summed E-state index contributed by atoms with van der Waals surface area (Å²) >= 11 is 0. The Morgan fingerprint density at radius 3 is 2.52 bits per heavy atom. The highest BCUT2D eigenvalue weighted by molar-refractivity contribution is 7.92. The van der Waals surface area contributed by atoms with Crippen LogP contribution in [0, 0.1) is 11.6 Å². The molecule has 2 aromatic carbocycles. The smallest absolute Gasteiger partial charge is 0.264 e. The molecule has 2 aromatic rings. The van der Waals surface area contributed by atoms with Gasteiger partial charge in [-0.25, -0.2) is 17.2 Å². The summed E-state index contributed by atoms with van der Waals surface area (Å²) in [6, 6.07) is 5.41. The summed E-state index contributed by atoms with van der Waals surface area (Å²) in [7, 11) is -4.36. The van der Waals surface area contributed by atoms with Crippen LogP contribution in [0.1, 0.15) is 36.8 Å². The number of sulfonamides is 1. The van der Waals surface area contributed by atoms with Gasteiger partial charge in [-0.15, -0.1) is 0 Å². The third-order valence-electron chi connectivity index (χ3n) is 6.57. The number of hydrogen-bond donors (Lipinski definition) is 3. The molecule has 1 amide bonds. The largest absolute Gasteiger partial charge is 0.358 e. The van der Waals surface area contributed by atoms with Crippen molar-refractivity contribution in [3.63, 3.8) is 0 Å². The first-order valence-electron chi connectivity index (χ1n) is 10.6. The molecule has 172 valence electrons. The van der Waals surface area contributed by atoms with Crippen molar-refractivity contribution in [3.8, 4) is 0 Å². The zero-order valence-corrected chi connectivity index (χ0v) is 18.3. The second kappa shape index (κ2) is 7.65. The Kier molecular flexibility index (Phi) is 5.00. The van der Waals surface area contributed by atoms with Crippen LogP contribution >= 0.6 is 0 Å². The lowest BCUT2D eigenvalue weighted by atomic mass is 9.64. The summed E-state index contributed by atoms with van der Waals surface area (Å²) in [6.07, 6.45) is 4.47. The molecule has 0 bridgehead atoms. The molecule has 5 rings (SSSR count). The fourth-order valence-corrected chi connectivity index (χ4v) is 5.90. The first-order valence-corrected chi connectivity index (χ1v) is 12.1. The van der Waals surface area contributed by atoms with E-state index in [2.05, 4.69) is 15.4 Å². The highest BCUT2D eigenvalue weighted by atomic mass is 32.2. The van der Waals surface area contributed by atoms with E-state index >= 15 is 0 Å². The lowest BCUT2D eigenvalue weighted by Crippen LogP contribution is -2.39. The molecule has 0 saturated heterocycles. The van der Waals surface area contributed by atoms with Crippen molar-refractivity contribution in [2.75, 3.05) is 16.6 Å². The number of amides is 1. The topological polar surface area (TPSA) is 104 Å². The van der Waals surface area contributed by atoms with E-state index in [1.54, 1.807) is 6.07 Å². The number of nitrogens with one attached hydrogen (secondary N) is 3. The van der Waals surface area contributed by atoms with E-state index in [0.717, 1.165) is 29.7 Å². The SMILES string of the molecule is O=C1C=C(Nc2cc(NS(=O)(=O)c3ccc(F)cc3F)cc3c2CC(=O)C32CCC2)CCN1. The van der Waals surface area contributed by atoms with Gasteiger partial charge in [0.2, 0.25) is 5.91 Å². The molecule has 1 saturated carbocycles. The minimum atomic E-state index is -4.36. The molecule has 1 heterocycles. The molecule has 3 aliphatic rings. The second-order valence-electron chi connectivity index (χ2n) is 8.60. The number of hydrogen-bond acceptors (Lipinski definition) is 5. The van der Waals surface area contributed by atoms with Gasteiger partial charge in [-0.3, -0.25) is 14.3 Å². The van der Waals surface area contributed by atoms with Crippen LogP contribution in [0.3, 0.4) is 0 Å². The fraction of sp³-hybridized carbons (Fsp3) is 0.304. The minimum Gasteiger partial charge on any atom is -0.358 e. The van der Waals surface area contributed by atoms with E-state index in [1.807, 2.05) is 0 Å². The zero-order valence-electron chi connectivity index (χ0n) is 17.5. The van der Waals surface area contributed by atoms with E-state index < -0.39 is 32.0 Å². The summed E-state index contributed by atoms with van der Waals surface area (Å²) < 4.78 is 55.5. The molecule has 10 heteroatoms. The van der Waals surface area contributed by atoms with Crippen LogP contribution in [0.15, 0.2) is 47.0 Å². The maximum absolute atomic E-state index is 14.2. The number of carbonyl (C=O) groups excluding carboxylic acids is 2. The molecule has 33 heavy (non-hydrogen) atoms. The summed E-state index contributed by atoms with van der Waals surface area (Å²) in [5.74, 6) is -2.24. The quantitative estimate of drug-likeness (QED) is 0.619. The molecule has 0 radical (unpaired) electrons. The average molecular weight is 474 g/mol. The summed E-state index contributed by atoms with van der Waals surface area (Å²) in [5, 5.41) is 5.89. The van der Waals surface area contributed by atoms with Crippen molar-refractivity contribution in [2.24, 2.45) is 0 Å². The first kappa shape index (κ1) is 21.6. The van der Waals surface area contributed by atoms with Crippen molar-refractivity contribution in [2.45, 2.75) is 42.4 Å². The number of ketones is 1. The van der Waals surface area contributed by atoms with Crippen molar-refractivity contribution >= 4 is 33.1 Å². The van der Waals surface area contributed by atoms with Gasteiger partial charge in [-0.05, 0) is 48.2 Å². The second-order valence-corrected chi connectivity index (χ2v) is 10.3. The highest BCUT2D eigenvalue weighted by Gasteiger charge is 2.51. The lowest BCUT2D eigenvalue weighted by molar-refractivity contribution is -0.125. The molecule has 0 unspecified atom stereocenters. The molecule has 3 N–H and O–H groups in total. The van der Waals surface area contributed by atoms with E-state index in [1.165, 1.54) is 12.1 Å². The maximum atomic E-state index is 14.2. The predicted molar refractivity (Wildman–Crippen MR) is 117 cm³/mol. The number of halogens is 2. The monoisotopic (exact) mass is 473 g/mol. The first-order chi connectivity index (χ1) is 15.7. The zero-order chi connectivity index (χ0) is 23.4. The van der Waals surface area contributed by atoms with Crippen molar-refractivity contribution in [1.29, 1.82) is 0 Å². The van der Waals surface area contributed by atoms with E-state index in [-0.39, 0.29) is 23.8 Å². The Labute approximate surface area is 189 Å². The van der Waals surface area contributed by atoms with Crippen molar-refractivity contribution in [3.05, 3.63) is 64.9 Å². The summed E-state index contributed by atoms with van der Waals surface area (Å²) in [6.45, 7) is 0.457. The van der Waals surface area contributed by atoms with Gasteiger partial charge in [-0.1, -0.05) is 6.42 Å². The normalized spacial score (nSPS) is 18.9. The molecule has 0 atom stereocenters. The number of fused-ring (bicyclic) bond motifs is 2. The van der Waals surface area contributed by atoms with Crippen molar-refractivity contribution < 1.29 is 26.8 Å². The molecule has 1 fully saturated rings. The van der Waals surface area contributed by atoms with Gasteiger partial charge in [0.15, 0.2) is 0 Å². The summed E-state index contributed by atoms with van der Waals surface area (Å²) in [5.41, 5.74) is 2.23. The highest BCUT2D eigenvalue weighted by Crippen LogP contribution is 2.53. The summed E-state index contributed by atoms with van der Waals surface area (Å²) in [4.78, 5) is 24.0. The van der Waals surface area contributed by atoms with Crippen LogP contribution in [0.5, 0.6) is 0 Å². The molecule has 2 aliphatic carbocycles. The van der Waals surface area contributed by atoms with Crippen LogP contribution in [-0.2, 0) is 31.4 Å². The van der Waals surface area contributed by atoms with Crippen LogP contribution < -0.4 is 15.4 Å². The Hall–Kier alpha value is -3.27. The Morgan fingerprint density at radius 2 is 1.85 bits per heavy atom. The van der Waals surface area contributed by atoms with Gasteiger partial charge in [-0.2, -0.15) is 0 Å². The maximum Gasteiger partial charge on any atom is 0.264 e. The minimum absolute atomic E-state index is 0.0896. The predicted octanol–water partition coefficient (Wildman–Crippen LogP) is 3.13. The molecule has 1 spiro atoms. The molecule has 1 aliphatic heterocycles. The molecule has 0 aromatic heterocycles. The molecular formula is C23H21F2N3O4S. The third-order valence-corrected chi connectivity index (χ3v) is 7.99. The number of carbonyl (C=O) groups is 2. The van der Waals surface area contributed by atoms with E-state index in [9.17, 15) is 26.8 Å². The van der Waals surface area contributed by atoms with Gasteiger partial charge in [0, 0.05) is 42.9 Å². The van der Waals surface area contributed by atoms with E-state index in [0.29, 0.717) is 43.3 Å². The van der Waals surface area contributed by atoms with Crippen LogP contribution in [0.4, 0.5) is 20.2 Å². The Morgan fingerprint density at radius 1 is 1.06 bits per heavy atom.